The van der Waals surface area contributed by atoms with E-state index in [0.29, 0.717) is 23.5 Å². The Morgan fingerprint density at radius 3 is 2.39 bits per heavy atom. The quantitative estimate of drug-likeness (QED) is 0.619. The van der Waals surface area contributed by atoms with Crippen LogP contribution in [0.4, 0.5) is 5.69 Å². The summed E-state index contributed by atoms with van der Waals surface area (Å²) in [6.07, 6.45) is 0.115. The number of nitrogens with one attached hydrogen (secondary N) is 1. The Morgan fingerprint density at radius 1 is 0.968 bits per heavy atom. The maximum Gasteiger partial charge on any atom is 0.255 e. The van der Waals surface area contributed by atoms with Crippen LogP contribution < -0.4 is 14.8 Å². The van der Waals surface area contributed by atoms with E-state index in [4.69, 9.17) is 9.47 Å². The van der Waals surface area contributed by atoms with Crippen LogP contribution in [0.2, 0.25) is 0 Å². The van der Waals surface area contributed by atoms with Crippen LogP contribution >= 0.6 is 0 Å². The molecule has 1 unspecified atom stereocenters. The first-order valence-corrected chi connectivity index (χ1v) is 10.1. The number of carbonyl (C=O) groups excluding carboxylic acids is 2. The molecule has 1 aliphatic heterocycles. The maximum atomic E-state index is 13.1. The molecule has 0 aliphatic carbocycles. The molecule has 0 saturated carbocycles. The molecule has 0 aromatic heterocycles. The minimum Gasteiger partial charge on any atom is -0.497 e. The highest BCUT2D eigenvalue weighted by atomic mass is 16.5. The normalized spacial score (nSPS) is 13.5. The zero-order valence-electron chi connectivity index (χ0n) is 17.5. The fourth-order valence-corrected chi connectivity index (χ4v) is 3.89. The fourth-order valence-electron chi connectivity index (χ4n) is 3.89. The summed E-state index contributed by atoms with van der Waals surface area (Å²) in [6, 6.07) is 21.9. The predicted octanol–water partition coefficient (Wildman–Crippen LogP) is 4.43. The van der Waals surface area contributed by atoms with Crippen LogP contribution in [-0.4, -0.2) is 30.9 Å². The Labute approximate surface area is 181 Å². The number of fused-ring (bicyclic) bond motifs is 1. The van der Waals surface area contributed by atoms with Gasteiger partial charge in [0.15, 0.2) is 0 Å². The van der Waals surface area contributed by atoms with Crippen molar-refractivity contribution >= 4 is 17.5 Å². The van der Waals surface area contributed by atoms with Crippen LogP contribution in [0, 0.1) is 0 Å². The molecular weight excluding hydrogens is 392 g/mol. The number of anilines is 1. The minimum absolute atomic E-state index is 0.0680. The first-order chi connectivity index (χ1) is 15.1. The lowest BCUT2D eigenvalue weighted by atomic mass is 10.0. The highest BCUT2D eigenvalue weighted by Gasteiger charge is 2.34. The van der Waals surface area contributed by atoms with E-state index in [9.17, 15) is 9.59 Å². The largest absolute Gasteiger partial charge is 0.497 e. The number of carbonyl (C=O) groups is 2. The Balaban J connectivity index is 1.61. The number of hydrogen-bond acceptors (Lipinski definition) is 4. The minimum atomic E-state index is -0.416. The lowest BCUT2D eigenvalue weighted by molar-refractivity contribution is -0.117. The SMILES string of the molecule is COc1ccc(C(CC(=O)Nc2ccccc2OC)N2Cc3ccccc3C2=O)cc1. The molecule has 4 rings (SSSR count). The molecule has 0 bridgehead atoms. The van der Waals surface area contributed by atoms with Crippen LogP contribution in [0.25, 0.3) is 0 Å². The molecule has 2 amide bonds. The van der Waals surface area contributed by atoms with Crippen molar-refractivity contribution in [1.29, 1.82) is 0 Å². The number of methoxy groups -OCH3 is 2. The zero-order valence-corrected chi connectivity index (χ0v) is 17.5. The lowest BCUT2D eigenvalue weighted by Gasteiger charge is -2.28. The van der Waals surface area contributed by atoms with Crippen molar-refractivity contribution < 1.29 is 19.1 Å². The molecule has 3 aromatic rings. The van der Waals surface area contributed by atoms with Gasteiger partial charge < -0.3 is 19.7 Å². The van der Waals surface area contributed by atoms with Crippen LogP contribution in [0.5, 0.6) is 11.5 Å². The van der Waals surface area contributed by atoms with Crippen molar-refractivity contribution in [1.82, 2.24) is 4.90 Å². The highest BCUT2D eigenvalue weighted by molar-refractivity contribution is 5.99. The topological polar surface area (TPSA) is 67.9 Å². The van der Waals surface area contributed by atoms with Gasteiger partial charge in [0.1, 0.15) is 11.5 Å². The highest BCUT2D eigenvalue weighted by Crippen LogP contribution is 2.34. The molecule has 1 N–H and O–H groups in total. The molecule has 0 spiro atoms. The summed E-state index contributed by atoms with van der Waals surface area (Å²) < 4.78 is 10.6. The molecule has 0 saturated heterocycles. The molecule has 3 aromatic carbocycles. The number of hydrogen-bond donors (Lipinski definition) is 1. The van der Waals surface area contributed by atoms with Gasteiger partial charge in [-0.25, -0.2) is 0 Å². The number of benzene rings is 3. The van der Waals surface area contributed by atoms with Crippen LogP contribution in [0.3, 0.4) is 0 Å². The van der Waals surface area contributed by atoms with Crippen molar-refractivity contribution in [2.24, 2.45) is 0 Å². The first kappa shape index (κ1) is 20.5. The second kappa shape index (κ2) is 8.92. The van der Waals surface area contributed by atoms with E-state index in [-0.39, 0.29) is 18.2 Å². The standard InChI is InChI=1S/C25H24N2O4/c1-30-19-13-11-17(12-14-19)22(27-16-18-7-3-4-8-20(18)25(27)29)15-24(28)26-21-9-5-6-10-23(21)31-2/h3-14,22H,15-16H2,1-2H3,(H,26,28). The van der Waals surface area contributed by atoms with Gasteiger partial charge in [0.25, 0.3) is 5.91 Å². The summed E-state index contributed by atoms with van der Waals surface area (Å²) in [6.45, 7) is 0.466. The molecule has 31 heavy (non-hydrogen) atoms. The number of amides is 2. The smallest absolute Gasteiger partial charge is 0.255 e. The third kappa shape index (κ3) is 4.23. The third-order valence-electron chi connectivity index (χ3n) is 5.49. The van der Waals surface area contributed by atoms with Crippen molar-refractivity contribution in [3.05, 3.63) is 89.5 Å². The Bertz CT molecular complexity index is 1090. The average molecular weight is 416 g/mol. The van der Waals surface area contributed by atoms with Crippen molar-refractivity contribution in [3.8, 4) is 11.5 Å². The summed E-state index contributed by atoms with van der Waals surface area (Å²) in [5.41, 5.74) is 3.12. The summed E-state index contributed by atoms with van der Waals surface area (Å²) in [4.78, 5) is 27.9. The number of para-hydroxylation sites is 2. The summed E-state index contributed by atoms with van der Waals surface area (Å²) in [7, 11) is 3.17. The molecule has 0 radical (unpaired) electrons. The molecular formula is C25H24N2O4. The van der Waals surface area contributed by atoms with Gasteiger partial charge in [-0.1, -0.05) is 42.5 Å². The summed E-state index contributed by atoms with van der Waals surface area (Å²) in [5, 5.41) is 2.92. The van der Waals surface area contributed by atoms with Gasteiger partial charge in [-0.05, 0) is 41.5 Å². The molecule has 158 valence electrons. The monoisotopic (exact) mass is 416 g/mol. The van der Waals surface area contributed by atoms with Gasteiger partial charge in [0.2, 0.25) is 5.91 Å². The first-order valence-electron chi connectivity index (χ1n) is 10.1. The lowest BCUT2D eigenvalue weighted by Crippen LogP contribution is -2.32. The molecule has 0 fully saturated rings. The molecule has 1 heterocycles. The van der Waals surface area contributed by atoms with Crippen molar-refractivity contribution in [2.75, 3.05) is 19.5 Å². The fraction of sp³-hybridized carbons (Fsp3) is 0.200. The van der Waals surface area contributed by atoms with Gasteiger partial charge >= 0.3 is 0 Å². The van der Waals surface area contributed by atoms with E-state index in [1.165, 1.54) is 0 Å². The number of nitrogens with zero attached hydrogens (tertiary/aromatic N) is 1. The molecule has 1 aliphatic rings. The van der Waals surface area contributed by atoms with E-state index in [1.807, 2.05) is 60.7 Å². The van der Waals surface area contributed by atoms with Gasteiger partial charge in [-0.15, -0.1) is 0 Å². The van der Waals surface area contributed by atoms with E-state index in [0.717, 1.165) is 16.9 Å². The summed E-state index contributed by atoms with van der Waals surface area (Å²) in [5.74, 6) is 1.04. The Kier molecular flexibility index (Phi) is 5.89. The maximum absolute atomic E-state index is 13.1. The van der Waals surface area contributed by atoms with Gasteiger partial charge in [0.05, 0.1) is 32.4 Å². The van der Waals surface area contributed by atoms with Gasteiger partial charge in [-0.2, -0.15) is 0 Å². The Hall–Kier alpha value is -3.80. The van der Waals surface area contributed by atoms with E-state index in [2.05, 4.69) is 5.32 Å². The average Bonchev–Trinajstić information content (AvgIpc) is 3.14. The number of rotatable bonds is 7. The zero-order chi connectivity index (χ0) is 21.8. The second-order valence-corrected chi connectivity index (χ2v) is 7.33. The molecule has 6 nitrogen and oxygen atoms in total. The van der Waals surface area contributed by atoms with Crippen molar-refractivity contribution in [2.45, 2.75) is 19.0 Å². The van der Waals surface area contributed by atoms with Crippen LogP contribution in [0.15, 0.2) is 72.8 Å². The van der Waals surface area contributed by atoms with Crippen molar-refractivity contribution in [3.63, 3.8) is 0 Å². The van der Waals surface area contributed by atoms with E-state index >= 15 is 0 Å². The third-order valence-corrected chi connectivity index (χ3v) is 5.49. The second-order valence-electron chi connectivity index (χ2n) is 7.33. The number of ether oxygens (including phenoxy) is 2. The van der Waals surface area contributed by atoms with Crippen LogP contribution in [-0.2, 0) is 11.3 Å². The molecule has 6 heteroatoms. The Morgan fingerprint density at radius 2 is 1.68 bits per heavy atom. The predicted molar refractivity (Wildman–Crippen MR) is 118 cm³/mol. The van der Waals surface area contributed by atoms with Gasteiger partial charge in [-0.3, -0.25) is 9.59 Å². The van der Waals surface area contributed by atoms with E-state index < -0.39 is 6.04 Å². The van der Waals surface area contributed by atoms with E-state index in [1.54, 1.807) is 31.3 Å². The summed E-state index contributed by atoms with van der Waals surface area (Å²) >= 11 is 0. The van der Waals surface area contributed by atoms with Crippen LogP contribution in [0.1, 0.15) is 33.9 Å². The molecule has 1 atom stereocenters. The van der Waals surface area contributed by atoms with Gasteiger partial charge in [0, 0.05) is 12.1 Å².